The molecule has 0 heterocycles. The molecule has 2 N–H and O–H groups in total. The predicted molar refractivity (Wildman–Crippen MR) is 98.3 cm³/mol. The summed E-state index contributed by atoms with van der Waals surface area (Å²) < 4.78 is 4.71. The van der Waals surface area contributed by atoms with Crippen molar-refractivity contribution >= 4 is 7.32 Å². The number of hydrogen-bond donors (Lipinski definition) is 2. The molecule has 3 rings (SSSR count). The van der Waals surface area contributed by atoms with Gasteiger partial charge in [0.25, 0.3) is 0 Å². The van der Waals surface area contributed by atoms with Crippen LogP contribution in [0.5, 0.6) is 0 Å². The molecule has 0 aliphatic carbocycles. The molecule has 3 aromatic carbocycles. The molecule has 25 heavy (non-hydrogen) atoms. The lowest BCUT2D eigenvalue weighted by Crippen LogP contribution is -2.28. The second-order valence-corrected chi connectivity index (χ2v) is 5.52. The van der Waals surface area contributed by atoms with Gasteiger partial charge in [-0.05, 0) is 22.6 Å². The van der Waals surface area contributed by atoms with E-state index in [0.29, 0.717) is 0 Å². The van der Waals surface area contributed by atoms with Gasteiger partial charge in [-0.3, -0.25) is 0 Å². The van der Waals surface area contributed by atoms with Crippen molar-refractivity contribution in [1.82, 2.24) is 0 Å². The molecule has 0 aromatic heterocycles. The zero-order valence-corrected chi connectivity index (χ0v) is 13.5. The Kier molecular flexibility index (Phi) is 5.20. The largest absolute Gasteiger partial charge is 0.716 e. The molecule has 0 fully saturated rings. The van der Waals surface area contributed by atoms with Crippen LogP contribution in [0.25, 0.3) is 0 Å². The van der Waals surface area contributed by atoms with Crippen molar-refractivity contribution in [1.29, 1.82) is 0 Å². The lowest BCUT2D eigenvalue weighted by Gasteiger charge is -2.30. The Balaban J connectivity index is 2.29. The molecule has 0 saturated heterocycles. The maximum absolute atomic E-state index is 8.99. The minimum absolute atomic E-state index is 0.793. The molecule has 0 unspecified atom stereocenters. The fourth-order valence-corrected chi connectivity index (χ4v) is 2.94. The topological polar surface area (TPSA) is 49.7 Å². The highest BCUT2D eigenvalue weighted by Crippen LogP contribution is 2.38. The highest BCUT2D eigenvalue weighted by molar-refractivity contribution is 6.33. The molecule has 3 aromatic rings. The lowest BCUT2D eigenvalue weighted by molar-refractivity contribution is 0.270. The van der Waals surface area contributed by atoms with Crippen LogP contribution >= 0.6 is 0 Å². The summed E-state index contributed by atoms with van der Waals surface area (Å²) in [5.41, 5.74) is 2.11. The minimum atomic E-state index is -1.94. The van der Waals surface area contributed by atoms with Crippen LogP contribution in [0, 0.1) is 12.0 Å². The van der Waals surface area contributed by atoms with Crippen molar-refractivity contribution in [2.75, 3.05) is 0 Å². The van der Waals surface area contributed by atoms with Crippen molar-refractivity contribution in [2.24, 2.45) is 0 Å². The van der Waals surface area contributed by atoms with Crippen LogP contribution in [0.4, 0.5) is 0 Å². The quantitative estimate of drug-likeness (QED) is 0.440. The van der Waals surface area contributed by atoms with Gasteiger partial charge in [0, 0.05) is 0 Å². The molecule has 0 spiro atoms. The van der Waals surface area contributed by atoms with Crippen LogP contribution in [0.15, 0.2) is 91.0 Å². The SMILES string of the molecule is OB(O)OC#CC(c1ccccc1)(c1ccccc1)c1ccccc1. The van der Waals surface area contributed by atoms with E-state index in [0.717, 1.165) is 16.7 Å². The van der Waals surface area contributed by atoms with Crippen molar-refractivity contribution in [3.63, 3.8) is 0 Å². The first-order chi connectivity index (χ1) is 12.2. The van der Waals surface area contributed by atoms with Crippen LogP contribution < -0.4 is 0 Å². The van der Waals surface area contributed by atoms with Crippen LogP contribution in [-0.4, -0.2) is 17.4 Å². The molecule has 0 saturated carbocycles. The van der Waals surface area contributed by atoms with Gasteiger partial charge >= 0.3 is 7.32 Å². The molecule has 0 radical (unpaired) electrons. The summed E-state index contributed by atoms with van der Waals surface area (Å²) in [5.74, 6) is 3.12. The van der Waals surface area contributed by atoms with Crippen LogP contribution in [0.2, 0.25) is 0 Å². The van der Waals surface area contributed by atoms with Crippen molar-refractivity contribution in [2.45, 2.75) is 5.41 Å². The maximum Gasteiger partial charge on any atom is 0.716 e. The van der Waals surface area contributed by atoms with E-state index < -0.39 is 12.7 Å². The second-order valence-electron chi connectivity index (χ2n) is 5.52. The first-order valence-corrected chi connectivity index (χ1v) is 7.94. The second kappa shape index (κ2) is 7.72. The molecule has 3 nitrogen and oxygen atoms in total. The fraction of sp³-hybridized carbons (Fsp3) is 0.0476. The molecule has 0 aliphatic rings. The van der Waals surface area contributed by atoms with Crippen molar-refractivity contribution in [3.05, 3.63) is 108 Å². The Bertz CT molecular complexity index is 756. The summed E-state index contributed by atoms with van der Waals surface area (Å²) in [6.07, 6.45) is 2.47. The van der Waals surface area contributed by atoms with Crippen molar-refractivity contribution < 1.29 is 14.7 Å². The molecule has 0 bridgehead atoms. The Morgan fingerprint density at radius 3 is 1.32 bits per heavy atom. The number of benzene rings is 3. The predicted octanol–water partition coefficient (Wildman–Crippen LogP) is 2.97. The highest BCUT2D eigenvalue weighted by atomic mass is 16.6. The number of hydrogen-bond acceptors (Lipinski definition) is 3. The van der Waals surface area contributed by atoms with Crippen LogP contribution in [0.3, 0.4) is 0 Å². The average molecular weight is 328 g/mol. The van der Waals surface area contributed by atoms with Crippen LogP contribution in [-0.2, 0) is 10.1 Å². The lowest BCUT2D eigenvalue weighted by atomic mass is 9.70. The molecular formula is C21H17BO3. The summed E-state index contributed by atoms with van der Waals surface area (Å²) in [4.78, 5) is 0. The average Bonchev–Trinajstić information content (AvgIpc) is 2.67. The van der Waals surface area contributed by atoms with E-state index in [-0.39, 0.29) is 0 Å². The van der Waals surface area contributed by atoms with Gasteiger partial charge in [0.05, 0.1) is 6.11 Å². The van der Waals surface area contributed by atoms with E-state index in [1.165, 1.54) is 0 Å². The van der Waals surface area contributed by atoms with E-state index in [4.69, 9.17) is 14.7 Å². The Morgan fingerprint density at radius 1 is 0.640 bits per heavy atom. The first-order valence-electron chi connectivity index (χ1n) is 7.94. The third-order valence-corrected chi connectivity index (χ3v) is 4.02. The van der Waals surface area contributed by atoms with Gasteiger partial charge in [-0.2, -0.15) is 0 Å². The minimum Gasteiger partial charge on any atom is -0.462 e. The molecular weight excluding hydrogens is 311 g/mol. The van der Waals surface area contributed by atoms with E-state index in [1.807, 2.05) is 91.0 Å². The van der Waals surface area contributed by atoms with E-state index >= 15 is 0 Å². The van der Waals surface area contributed by atoms with Gasteiger partial charge in [0.1, 0.15) is 5.41 Å². The summed E-state index contributed by atoms with van der Waals surface area (Å²) in [7, 11) is -1.94. The molecule has 0 aliphatic heterocycles. The van der Waals surface area contributed by atoms with Gasteiger partial charge in [-0.25, -0.2) is 0 Å². The van der Waals surface area contributed by atoms with E-state index in [2.05, 4.69) is 12.0 Å². The molecule has 0 atom stereocenters. The fourth-order valence-electron chi connectivity index (χ4n) is 2.94. The van der Waals surface area contributed by atoms with Gasteiger partial charge in [-0.15, -0.1) is 0 Å². The Hall–Kier alpha value is -3.00. The Labute approximate surface area is 147 Å². The van der Waals surface area contributed by atoms with Gasteiger partial charge in [0.15, 0.2) is 0 Å². The maximum atomic E-state index is 8.99. The summed E-state index contributed by atoms with van der Waals surface area (Å²) in [6, 6.07) is 29.6. The zero-order chi connectivity index (χ0) is 17.5. The van der Waals surface area contributed by atoms with E-state index in [1.54, 1.807) is 0 Å². The summed E-state index contributed by atoms with van der Waals surface area (Å²) in [6.45, 7) is 0. The monoisotopic (exact) mass is 328 g/mol. The summed E-state index contributed by atoms with van der Waals surface area (Å²) in [5, 5.41) is 18.0. The van der Waals surface area contributed by atoms with Gasteiger partial charge in [0.2, 0.25) is 0 Å². The summed E-state index contributed by atoms with van der Waals surface area (Å²) >= 11 is 0. The highest BCUT2D eigenvalue weighted by Gasteiger charge is 2.34. The third-order valence-electron chi connectivity index (χ3n) is 4.02. The molecule has 4 heteroatoms. The normalized spacial score (nSPS) is 10.5. The third kappa shape index (κ3) is 3.58. The zero-order valence-electron chi connectivity index (χ0n) is 13.5. The molecule has 0 amide bonds. The van der Waals surface area contributed by atoms with Crippen molar-refractivity contribution in [3.8, 4) is 12.0 Å². The number of rotatable bonds is 4. The first kappa shape index (κ1) is 16.8. The van der Waals surface area contributed by atoms with Gasteiger partial charge in [-0.1, -0.05) is 91.0 Å². The Morgan fingerprint density at radius 2 is 1.00 bits per heavy atom. The smallest absolute Gasteiger partial charge is 0.462 e. The van der Waals surface area contributed by atoms with Crippen LogP contribution in [0.1, 0.15) is 16.7 Å². The van der Waals surface area contributed by atoms with Gasteiger partial charge < -0.3 is 14.7 Å². The standard InChI is InChI=1S/C21H17BO3/c23-22(24)25-17-16-21(18-10-4-1-5-11-18,19-12-6-2-7-13-19)20-14-8-3-9-15-20/h1-15,23-24H. The van der Waals surface area contributed by atoms with E-state index in [9.17, 15) is 0 Å². The molecule has 122 valence electrons.